The summed E-state index contributed by atoms with van der Waals surface area (Å²) < 4.78 is 5.49. The number of carbonyl (C=O) groups is 1. The van der Waals surface area contributed by atoms with Crippen molar-refractivity contribution in [2.24, 2.45) is 0 Å². The van der Waals surface area contributed by atoms with Gasteiger partial charge >= 0.3 is 0 Å². The molecule has 2 rings (SSSR count). The highest BCUT2D eigenvalue weighted by Gasteiger charge is 2.17. The predicted molar refractivity (Wildman–Crippen MR) is 68.5 cm³/mol. The lowest BCUT2D eigenvalue weighted by molar-refractivity contribution is 0.0532. The third-order valence-corrected chi connectivity index (χ3v) is 3.02. The summed E-state index contributed by atoms with van der Waals surface area (Å²) in [6.45, 7) is 6.04. The van der Waals surface area contributed by atoms with Crippen LogP contribution in [0.25, 0.3) is 0 Å². The van der Waals surface area contributed by atoms with Gasteiger partial charge in [-0.1, -0.05) is 0 Å². The molecule has 4 heteroatoms. The molecule has 1 aromatic carbocycles. The Kier molecular flexibility index (Phi) is 3.33. The maximum atomic E-state index is 11.3. The Bertz CT molecular complexity index is 431. The summed E-state index contributed by atoms with van der Waals surface area (Å²) in [5.74, 6) is 0.00407. The van der Waals surface area contributed by atoms with Crippen LogP contribution in [0.2, 0.25) is 0 Å². The van der Waals surface area contributed by atoms with Crippen molar-refractivity contribution in [3.63, 3.8) is 0 Å². The number of nitrogens with two attached hydrogens (primary N) is 1. The molecule has 0 aliphatic carbocycles. The van der Waals surface area contributed by atoms with Gasteiger partial charge in [-0.3, -0.25) is 4.79 Å². The molecule has 1 heterocycles. The van der Waals surface area contributed by atoms with Crippen LogP contribution in [0.1, 0.15) is 24.2 Å². The number of ketones is 1. The van der Waals surface area contributed by atoms with Crippen molar-refractivity contribution < 1.29 is 9.53 Å². The van der Waals surface area contributed by atoms with Gasteiger partial charge < -0.3 is 15.4 Å². The average Bonchev–Trinajstić information content (AvgIpc) is 2.28. The summed E-state index contributed by atoms with van der Waals surface area (Å²) in [6, 6.07) is 5.62. The van der Waals surface area contributed by atoms with Crippen LogP contribution in [0.5, 0.6) is 0 Å². The van der Waals surface area contributed by atoms with Crippen molar-refractivity contribution in [3.8, 4) is 0 Å². The van der Waals surface area contributed by atoms with Gasteiger partial charge in [0.05, 0.1) is 12.7 Å². The molecular formula is C13H18N2O2. The zero-order valence-electron chi connectivity index (χ0n) is 10.3. The van der Waals surface area contributed by atoms with Gasteiger partial charge in [0.2, 0.25) is 0 Å². The third-order valence-electron chi connectivity index (χ3n) is 3.02. The number of morpholine rings is 1. The van der Waals surface area contributed by atoms with Crippen molar-refractivity contribution in [1.29, 1.82) is 0 Å². The lowest BCUT2D eigenvalue weighted by Crippen LogP contribution is -2.41. The summed E-state index contributed by atoms with van der Waals surface area (Å²) in [5.41, 5.74) is 8.09. The molecule has 92 valence electrons. The summed E-state index contributed by atoms with van der Waals surface area (Å²) in [7, 11) is 0. The van der Waals surface area contributed by atoms with E-state index in [9.17, 15) is 4.79 Å². The quantitative estimate of drug-likeness (QED) is 0.625. The Hall–Kier alpha value is -1.55. The average molecular weight is 234 g/mol. The highest BCUT2D eigenvalue weighted by molar-refractivity contribution is 5.99. The zero-order valence-corrected chi connectivity index (χ0v) is 10.3. The van der Waals surface area contributed by atoms with Gasteiger partial charge in [0.25, 0.3) is 0 Å². The van der Waals surface area contributed by atoms with E-state index in [1.165, 1.54) is 6.92 Å². The number of hydrogen-bond acceptors (Lipinski definition) is 4. The Balaban J connectivity index is 2.22. The molecule has 1 fully saturated rings. The molecule has 1 atom stereocenters. The molecule has 0 aromatic heterocycles. The second-order valence-electron chi connectivity index (χ2n) is 4.46. The fourth-order valence-electron chi connectivity index (χ4n) is 2.12. The first kappa shape index (κ1) is 11.9. The summed E-state index contributed by atoms with van der Waals surface area (Å²) in [4.78, 5) is 13.5. The molecule has 0 radical (unpaired) electrons. The number of hydrogen-bond donors (Lipinski definition) is 1. The molecule has 1 aromatic rings. The van der Waals surface area contributed by atoms with Crippen LogP contribution in [-0.2, 0) is 4.74 Å². The first-order valence-corrected chi connectivity index (χ1v) is 5.85. The molecule has 0 saturated carbocycles. The minimum absolute atomic E-state index is 0.00407. The largest absolute Gasteiger partial charge is 0.398 e. The van der Waals surface area contributed by atoms with Crippen LogP contribution in [-0.4, -0.2) is 31.6 Å². The number of ether oxygens (including phenoxy) is 1. The molecule has 1 unspecified atom stereocenters. The van der Waals surface area contributed by atoms with Crippen LogP contribution >= 0.6 is 0 Å². The summed E-state index contributed by atoms with van der Waals surface area (Å²) in [5, 5.41) is 0. The first-order chi connectivity index (χ1) is 8.08. The van der Waals surface area contributed by atoms with Crippen molar-refractivity contribution >= 4 is 17.2 Å². The molecular weight excluding hydrogens is 216 g/mol. The number of Topliss-reactive ketones (excluding diaryl/α,β-unsaturated/α-hetero) is 1. The Morgan fingerprint density at radius 1 is 1.53 bits per heavy atom. The molecule has 1 saturated heterocycles. The van der Waals surface area contributed by atoms with E-state index in [1.807, 2.05) is 12.1 Å². The van der Waals surface area contributed by atoms with E-state index in [1.54, 1.807) is 6.07 Å². The number of rotatable bonds is 2. The molecule has 1 aliphatic rings. The van der Waals surface area contributed by atoms with Gasteiger partial charge in [-0.15, -0.1) is 0 Å². The fourth-order valence-corrected chi connectivity index (χ4v) is 2.12. The molecule has 0 spiro atoms. The van der Waals surface area contributed by atoms with Gasteiger partial charge in [-0.05, 0) is 32.0 Å². The highest BCUT2D eigenvalue weighted by Crippen LogP contribution is 2.23. The van der Waals surface area contributed by atoms with E-state index in [2.05, 4.69) is 11.8 Å². The molecule has 1 aliphatic heterocycles. The van der Waals surface area contributed by atoms with Crippen LogP contribution in [0.15, 0.2) is 18.2 Å². The second-order valence-corrected chi connectivity index (χ2v) is 4.46. The SMILES string of the molecule is CC(=O)c1ccc(N2CCOC(C)C2)cc1N. The van der Waals surface area contributed by atoms with Crippen LogP contribution in [0.3, 0.4) is 0 Å². The molecule has 0 amide bonds. The summed E-state index contributed by atoms with van der Waals surface area (Å²) >= 11 is 0. The van der Waals surface area contributed by atoms with E-state index in [-0.39, 0.29) is 11.9 Å². The smallest absolute Gasteiger partial charge is 0.161 e. The Labute approximate surface area is 101 Å². The van der Waals surface area contributed by atoms with Gasteiger partial charge in [0.1, 0.15) is 0 Å². The molecule has 4 nitrogen and oxygen atoms in total. The van der Waals surface area contributed by atoms with Crippen molar-refractivity contribution in [2.75, 3.05) is 30.3 Å². The van der Waals surface area contributed by atoms with E-state index < -0.39 is 0 Å². The molecule has 0 bridgehead atoms. The number of benzene rings is 1. The lowest BCUT2D eigenvalue weighted by Gasteiger charge is -2.33. The normalized spacial score (nSPS) is 20.4. The highest BCUT2D eigenvalue weighted by atomic mass is 16.5. The number of nitrogens with zero attached hydrogens (tertiary/aromatic N) is 1. The standard InChI is InChI=1S/C13H18N2O2/c1-9-8-15(5-6-17-9)11-3-4-12(10(2)16)13(14)7-11/h3-4,7,9H,5-6,8,14H2,1-2H3. The van der Waals surface area contributed by atoms with E-state index in [0.717, 1.165) is 25.4 Å². The maximum absolute atomic E-state index is 11.3. The monoisotopic (exact) mass is 234 g/mol. The molecule has 17 heavy (non-hydrogen) atoms. The summed E-state index contributed by atoms with van der Waals surface area (Å²) in [6.07, 6.45) is 0.234. The van der Waals surface area contributed by atoms with Crippen LogP contribution in [0.4, 0.5) is 11.4 Å². The lowest BCUT2D eigenvalue weighted by atomic mass is 10.1. The predicted octanol–water partition coefficient (Wildman–Crippen LogP) is 1.70. The van der Waals surface area contributed by atoms with Gasteiger partial charge in [-0.25, -0.2) is 0 Å². The van der Waals surface area contributed by atoms with Crippen molar-refractivity contribution in [2.45, 2.75) is 20.0 Å². The van der Waals surface area contributed by atoms with Gasteiger partial charge in [-0.2, -0.15) is 0 Å². The number of anilines is 2. The van der Waals surface area contributed by atoms with Crippen molar-refractivity contribution in [1.82, 2.24) is 0 Å². The topological polar surface area (TPSA) is 55.6 Å². The number of nitrogen functional groups attached to an aromatic ring is 1. The fraction of sp³-hybridized carbons (Fsp3) is 0.462. The van der Waals surface area contributed by atoms with Crippen LogP contribution < -0.4 is 10.6 Å². The van der Waals surface area contributed by atoms with Crippen LogP contribution in [0, 0.1) is 0 Å². The van der Waals surface area contributed by atoms with Gasteiger partial charge in [0.15, 0.2) is 5.78 Å². The third kappa shape index (κ3) is 2.58. The van der Waals surface area contributed by atoms with Crippen molar-refractivity contribution in [3.05, 3.63) is 23.8 Å². The first-order valence-electron chi connectivity index (χ1n) is 5.85. The maximum Gasteiger partial charge on any atom is 0.161 e. The van der Waals surface area contributed by atoms with E-state index in [4.69, 9.17) is 10.5 Å². The number of carbonyl (C=O) groups excluding carboxylic acids is 1. The van der Waals surface area contributed by atoms with E-state index in [0.29, 0.717) is 11.3 Å². The minimum atomic E-state index is 0.00407. The van der Waals surface area contributed by atoms with Gasteiger partial charge in [0, 0.05) is 30.0 Å². The second kappa shape index (κ2) is 4.75. The van der Waals surface area contributed by atoms with E-state index >= 15 is 0 Å². The Morgan fingerprint density at radius 3 is 2.88 bits per heavy atom. The Morgan fingerprint density at radius 2 is 2.29 bits per heavy atom. The minimum Gasteiger partial charge on any atom is -0.398 e. The molecule has 2 N–H and O–H groups in total. The zero-order chi connectivity index (χ0) is 12.4.